The highest BCUT2D eigenvalue weighted by Crippen LogP contribution is 2.29. The summed E-state index contributed by atoms with van der Waals surface area (Å²) in [6.07, 6.45) is -1.13. The predicted molar refractivity (Wildman–Crippen MR) is 112 cm³/mol. The second kappa shape index (κ2) is 7.88. The van der Waals surface area contributed by atoms with Gasteiger partial charge in [-0.3, -0.25) is 9.59 Å². The van der Waals surface area contributed by atoms with Gasteiger partial charge in [-0.25, -0.2) is 4.79 Å². The summed E-state index contributed by atoms with van der Waals surface area (Å²) in [5.74, 6) is -1.21. The number of rotatable bonds is 5. The fourth-order valence-electron chi connectivity index (χ4n) is 3.27. The Morgan fingerprint density at radius 2 is 2.03 bits per heavy atom. The fraction of sp³-hybridized carbons (Fsp3) is 0.500. The summed E-state index contributed by atoms with van der Waals surface area (Å²) < 4.78 is 12.0. The maximum Gasteiger partial charge on any atom is 0.349 e. The van der Waals surface area contributed by atoms with Crippen molar-refractivity contribution in [3.8, 4) is 0 Å². The third-order valence-electron chi connectivity index (χ3n) is 5.21. The Morgan fingerprint density at radius 1 is 1.34 bits per heavy atom. The maximum atomic E-state index is 13.0. The van der Waals surface area contributed by atoms with E-state index in [1.807, 2.05) is 45.0 Å². The molecule has 1 aromatic heterocycles. The van der Waals surface area contributed by atoms with Crippen LogP contribution in [-0.2, 0) is 19.1 Å². The highest BCUT2D eigenvalue weighted by Gasteiger charge is 2.47. The standard InChI is InChI=1S/C22H27NO5S/c1-13-22(5,18(24)12-27-13)23-19(25)15(11-21(2,3)4)28-20(26)17-10-14-8-6-7-9-16(14)29-17/h6-10,13,15H,11-12H2,1-5H3,(H,23,25). The SMILES string of the molecule is CC1OCC(=O)C1(C)NC(=O)C(CC(C)(C)C)OC(=O)c1cc2ccccc2s1. The molecule has 7 heteroatoms. The van der Waals surface area contributed by atoms with E-state index in [-0.39, 0.29) is 17.8 Å². The van der Waals surface area contributed by atoms with Gasteiger partial charge in [0.05, 0.1) is 6.10 Å². The first kappa shape index (κ1) is 21.5. The van der Waals surface area contributed by atoms with Gasteiger partial charge < -0.3 is 14.8 Å². The van der Waals surface area contributed by atoms with Crippen molar-refractivity contribution in [1.82, 2.24) is 5.32 Å². The summed E-state index contributed by atoms with van der Waals surface area (Å²) in [6, 6.07) is 9.45. The van der Waals surface area contributed by atoms with Crippen molar-refractivity contribution < 1.29 is 23.9 Å². The van der Waals surface area contributed by atoms with Crippen LogP contribution in [-0.4, -0.2) is 42.0 Å². The van der Waals surface area contributed by atoms with E-state index in [0.717, 1.165) is 10.1 Å². The summed E-state index contributed by atoms with van der Waals surface area (Å²) >= 11 is 1.33. The Hall–Kier alpha value is -2.25. The van der Waals surface area contributed by atoms with Gasteiger partial charge in [0.15, 0.2) is 11.9 Å². The van der Waals surface area contributed by atoms with Crippen molar-refractivity contribution in [2.45, 2.75) is 58.8 Å². The Bertz CT molecular complexity index is 911. The van der Waals surface area contributed by atoms with Crippen LogP contribution in [0.15, 0.2) is 30.3 Å². The van der Waals surface area contributed by atoms with Crippen LogP contribution in [0.1, 0.15) is 50.7 Å². The number of nitrogens with one attached hydrogen (secondary N) is 1. The molecule has 6 nitrogen and oxygen atoms in total. The van der Waals surface area contributed by atoms with Crippen LogP contribution in [0.5, 0.6) is 0 Å². The summed E-state index contributed by atoms with van der Waals surface area (Å²) in [5, 5.41) is 3.73. The molecule has 1 amide bonds. The van der Waals surface area contributed by atoms with E-state index in [1.54, 1.807) is 19.9 Å². The van der Waals surface area contributed by atoms with Crippen molar-refractivity contribution >= 4 is 39.1 Å². The lowest BCUT2D eigenvalue weighted by atomic mass is 9.87. The lowest BCUT2D eigenvalue weighted by Crippen LogP contribution is -2.58. The maximum absolute atomic E-state index is 13.0. The molecule has 0 saturated carbocycles. The molecule has 29 heavy (non-hydrogen) atoms. The first-order valence-electron chi connectivity index (χ1n) is 9.66. The molecular weight excluding hydrogens is 390 g/mol. The quantitative estimate of drug-likeness (QED) is 0.750. The van der Waals surface area contributed by atoms with Crippen molar-refractivity contribution in [2.75, 3.05) is 6.61 Å². The second-order valence-corrected chi connectivity index (χ2v) is 9.96. The molecule has 0 spiro atoms. The molecular formula is C22H27NO5S. The Morgan fingerprint density at radius 3 is 2.62 bits per heavy atom. The van der Waals surface area contributed by atoms with E-state index in [0.29, 0.717) is 11.3 Å². The van der Waals surface area contributed by atoms with Crippen LogP contribution < -0.4 is 5.32 Å². The number of carbonyl (C=O) groups excluding carboxylic acids is 3. The molecule has 0 bridgehead atoms. The number of fused-ring (bicyclic) bond motifs is 1. The summed E-state index contributed by atoms with van der Waals surface area (Å²) in [5.41, 5.74) is -1.39. The minimum atomic E-state index is -1.13. The third kappa shape index (κ3) is 4.67. The average Bonchev–Trinajstić information content (AvgIpc) is 3.17. The van der Waals surface area contributed by atoms with Crippen LogP contribution in [0.4, 0.5) is 0 Å². The van der Waals surface area contributed by atoms with E-state index in [9.17, 15) is 14.4 Å². The molecule has 1 aromatic carbocycles. The zero-order chi connectivity index (χ0) is 21.4. The molecule has 156 valence electrons. The zero-order valence-corrected chi connectivity index (χ0v) is 18.2. The molecule has 1 N–H and O–H groups in total. The topological polar surface area (TPSA) is 81.7 Å². The number of esters is 1. The minimum absolute atomic E-state index is 0.0382. The van der Waals surface area contributed by atoms with Crippen molar-refractivity contribution in [2.24, 2.45) is 5.41 Å². The van der Waals surface area contributed by atoms with Crippen molar-refractivity contribution in [3.05, 3.63) is 35.2 Å². The lowest BCUT2D eigenvalue weighted by molar-refractivity contribution is -0.136. The summed E-state index contributed by atoms with van der Waals surface area (Å²) in [6.45, 7) is 9.25. The van der Waals surface area contributed by atoms with Gasteiger partial charge in [0, 0.05) is 4.70 Å². The number of benzene rings is 1. The molecule has 3 rings (SSSR count). The first-order chi connectivity index (χ1) is 13.5. The average molecular weight is 418 g/mol. The number of Topliss-reactive ketones (excluding diaryl/α,β-unsaturated/α-hetero) is 1. The number of ketones is 1. The smallest absolute Gasteiger partial charge is 0.349 e. The predicted octanol–water partition coefficient (Wildman–Crippen LogP) is 3.73. The Kier molecular flexibility index (Phi) is 5.83. The number of amides is 1. The van der Waals surface area contributed by atoms with Gasteiger partial charge >= 0.3 is 5.97 Å². The van der Waals surface area contributed by atoms with E-state index in [4.69, 9.17) is 9.47 Å². The van der Waals surface area contributed by atoms with Gasteiger partial charge in [0.1, 0.15) is 17.0 Å². The van der Waals surface area contributed by atoms with Gasteiger partial charge in [-0.1, -0.05) is 39.0 Å². The lowest BCUT2D eigenvalue weighted by Gasteiger charge is -2.31. The largest absolute Gasteiger partial charge is 0.448 e. The summed E-state index contributed by atoms with van der Waals surface area (Å²) in [7, 11) is 0. The monoisotopic (exact) mass is 417 g/mol. The van der Waals surface area contributed by atoms with Crippen molar-refractivity contribution in [1.29, 1.82) is 0 Å². The zero-order valence-electron chi connectivity index (χ0n) is 17.4. The number of hydrogen-bond donors (Lipinski definition) is 1. The van der Waals surface area contributed by atoms with E-state index < -0.39 is 29.6 Å². The number of hydrogen-bond acceptors (Lipinski definition) is 6. The number of ether oxygens (including phenoxy) is 2. The Labute approximate surface area is 174 Å². The van der Waals surface area contributed by atoms with Crippen LogP contribution in [0.25, 0.3) is 10.1 Å². The molecule has 3 atom stereocenters. The third-order valence-corrected chi connectivity index (χ3v) is 6.30. The van der Waals surface area contributed by atoms with Gasteiger partial charge in [0.2, 0.25) is 0 Å². The fourth-order valence-corrected chi connectivity index (χ4v) is 4.21. The molecule has 3 unspecified atom stereocenters. The highest BCUT2D eigenvalue weighted by molar-refractivity contribution is 7.20. The van der Waals surface area contributed by atoms with E-state index >= 15 is 0 Å². The van der Waals surface area contributed by atoms with Crippen LogP contribution in [0, 0.1) is 5.41 Å². The normalized spacial score (nSPS) is 23.2. The number of carbonyl (C=O) groups is 3. The highest BCUT2D eigenvalue weighted by atomic mass is 32.1. The first-order valence-corrected chi connectivity index (χ1v) is 10.5. The van der Waals surface area contributed by atoms with Gasteiger partial charge in [0.25, 0.3) is 5.91 Å². The van der Waals surface area contributed by atoms with Crippen LogP contribution in [0.2, 0.25) is 0 Å². The summed E-state index contributed by atoms with van der Waals surface area (Å²) in [4.78, 5) is 38.5. The van der Waals surface area contributed by atoms with Gasteiger partial charge in [-0.05, 0) is 43.2 Å². The number of thiophene rings is 1. The minimum Gasteiger partial charge on any atom is -0.448 e. The molecule has 0 radical (unpaired) electrons. The van der Waals surface area contributed by atoms with Crippen LogP contribution in [0.3, 0.4) is 0 Å². The molecule has 1 aliphatic rings. The molecule has 2 aromatic rings. The molecule has 1 fully saturated rings. The van der Waals surface area contributed by atoms with E-state index in [1.165, 1.54) is 11.3 Å². The van der Waals surface area contributed by atoms with E-state index in [2.05, 4.69) is 5.32 Å². The molecule has 0 aliphatic carbocycles. The molecule has 1 aliphatic heterocycles. The molecule has 2 heterocycles. The second-order valence-electron chi connectivity index (χ2n) is 8.88. The van der Waals surface area contributed by atoms with Gasteiger partial charge in [-0.15, -0.1) is 11.3 Å². The molecule has 1 saturated heterocycles. The van der Waals surface area contributed by atoms with Crippen molar-refractivity contribution in [3.63, 3.8) is 0 Å². The van der Waals surface area contributed by atoms with Crippen LogP contribution >= 0.6 is 11.3 Å². The van der Waals surface area contributed by atoms with Gasteiger partial charge in [-0.2, -0.15) is 0 Å². The Balaban J connectivity index is 1.80.